The van der Waals surface area contributed by atoms with Gasteiger partial charge < -0.3 is 16.2 Å². The van der Waals surface area contributed by atoms with Gasteiger partial charge in [0.2, 0.25) is 0 Å². The normalized spacial score (nSPS) is 14.7. The van der Waals surface area contributed by atoms with Gasteiger partial charge in [-0.3, -0.25) is 0 Å². The molecule has 3 nitrogen and oxygen atoms in total. The highest BCUT2D eigenvalue weighted by molar-refractivity contribution is 5.31. The van der Waals surface area contributed by atoms with Crippen LogP contribution in [0.15, 0.2) is 18.2 Å². The first-order valence-corrected chi connectivity index (χ1v) is 4.89. The molecule has 0 radical (unpaired) electrons. The lowest BCUT2D eigenvalue weighted by Crippen LogP contribution is -2.25. The van der Waals surface area contributed by atoms with Crippen molar-refractivity contribution < 1.29 is 9.13 Å². The van der Waals surface area contributed by atoms with E-state index in [4.69, 9.17) is 16.2 Å². The van der Waals surface area contributed by atoms with E-state index in [1.54, 1.807) is 12.1 Å². The van der Waals surface area contributed by atoms with Crippen molar-refractivity contribution in [2.45, 2.75) is 13.0 Å². The molecule has 84 valence electrons. The van der Waals surface area contributed by atoms with Gasteiger partial charge in [0.25, 0.3) is 0 Å². The van der Waals surface area contributed by atoms with E-state index in [1.165, 1.54) is 13.2 Å². The Morgan fingerprint density at radius 1 is 1.47 bits per heavy atom. The van der Waals surface area contributed by atoms with Crippen LogP contribution in [0, 0.1) is 11.7 Å². The first kappa shape index (κ1) is 11.9. The van der Waals surface area contributed by atoms with Crippen LogP contribution in [0.2, 0.25) is 0 Å². The molecule has 0 saturated heterocycles. The summed E-state index contributed by atoms with van der Waals surface area (Å²) in [5.41, 5.74) is 12.2. The van der Waals surface area contributed by atoms with Crippen LogP contribution < -0.4 is 16.2 Å². The van der Waals surface area contributed by atoms with Crippen molar-refractivity contribution >= 4 is 0 Å². The van der Waals surface area contributed by atoms with E-state index in [-0.39, 0.29) is 17.7 Å². The van der Waals surface area contributed by atoms with Crippen LogP contribution in [0.5, 0.6) is 5.75 Å². The fourth-order valence-corrected chi connectivity index (χ4v) is 1.37. The zero-order valence-corrected chi connectivity index (χ0v) is 9.03. The average molecular weight is 212 g/mol. The molecule has 0 heterocycles. The van der Waals surface area contributed by atoms with Crippen LogP contribution in [-0.4, -0.2) is 13.7 Å². The molecule has 0 aliphatic heterocycles. The molecule has 0 amide bonds. The summed E-state index contributed by atoms with van der Waals surface area (Å²) in [6, 6.07) is 4.50. The van der Waals surface area contributed by atoms with E-state index in [2.05, 4.69) is 0 Å². The predicted octanol–water partition coefficient (Wildman–Crippen LogP) is 1.43. The van der Waals surface area contributed by atoms with Gasteiger partial charge in [0.05, 0.1) is 7.11 Å². The van der Waals surface area contributed by atoms with E-state index in [1.807, 2.05) is 6.92 Å². The van der Waals surface area contributed by atoms with Crippen molar-refractivity contribution in [1.29, 1.82) is 0 Å². The molecule has 0 bridgehead atoms. The SMILES string of the molecule is COc1ccc(C(N)C(C)CN)cc1F. The first-order chi connectivity index (χ1) is 7.10. The third-order valence-electron chi connectivity index (χ3n) is 2.55. The van der Waals surface area contributed by atoms with Crippen LogP contribution in [-0.2, 0) is 0 Å². The molecule has 15 heavy (non-hydrogen) atoms. The first-order valence-electron chi connectivity index (χ1n) is 4.89. The second kappa shape index (κ2) is 5.09. The number of rotatable bonds is 4. The summed E-state index contributed by atoms with van der Waals surface area (Å²) in [5.74, 6) is -0.0428. The van der Waals surface area contributed by atoms with E-state index < -0.39 is 5.82 Å². The van der Waals surface area contributed by atoms with Gasteiger partial charge in [0.15, 0.2) is 11.6 Å². The number of hydrogen-bond acceptors (Lipinski definition) is 3. The second-order valence-corrected chi connectivity index (χ2v) is 3.63. The molecule has 1 aromatic rings. The Labute approximate surface area is 89.2 Å². The van der Waals surface area contributed by atoms with Gasteiger partial charge in [0.1, 0.15) is 0 Å². The van der Waals surface area contributed by atoms with Crippen LogP contribution in [0.1, 0.15) is 18.5 Å². The molecule has 0 saturated carbocycles. The Morgan fingerprint density at radius 2 is 2.13 bits per heavy atom. The molecule has 0 aromatic heterocycles. The van der Waals surface area contributed by atoms with Crippen molar-refractivity contribution in [3.63, 3.8) is 0 Å². The molecule has 4 N–H and O–H groups in total. The Hall–Kier alpha value is -1.13. The average Bonchev–Trinajstić information content (AvgIpc) is 2.26. The third-order valence-corrected chi connectivity index (χ3v) is 2.55. The summed E-state index contributed by atoms with van der Waals surface area (Å²) >= 11 is 0. The lowest BCUT2D eigenvalue weighted by atomic mass is 9.95. The van der Waals surface area contributed by atoms with Gasteiger partial charge in [-0.2, -0.15) is 0 Å². The van der Waals surface area contributed by atoms with Crippen molar-refractivity contribution in [3.8, 4) is 5.75 Å². The lowest BCUT2D eigenvalue weighted by Gasteiger charge is -2.18. The molecule has 4 heteroatoms. The van der Waals surface area contributed by atoms with Gasteiger partial charge in [-0.05, 0) is 30.2 Å². The largest absolute Gasteiger partial charge is 0.494 e. The molecular weight excluding hydrogens is 195 g/mol. The summed E-state index contributed by atoms with van der Waals surface area (Å²) in [5, 5.41) is 0. The third kappa shape index (κ3) is 2.67. The van der Waals surface area contributed by atoms with Crippen molar-refractivity contribution in [2.24, 2.45) is 17.4 Å². The fraction of sp³-hybridized carbons (Fsp3) is 0.455. The molecule has 0 fully saturated rings. The van der Waals surface area contributed by atoms with Gasteiger partial charge in [-0.25, -0.2) is 4.39 Å². The number of hydrogen-bond donors (Lipinski definition) is 2. The highest BCUT2D eigenvalue weighted by Crippen LogP contribution is 2.24. The number of ether oxygens (including phenoxy) is 1. The molecule has 0 spiro atoms. The zero-order chi connectivity index (χ0) is 11.4. The summed E-state index contributed by atoms with van der Waals surface area (Å²) in [4.78, 5) is 0. The van der Waals surface area contributed by atoms with Crippen LogP contribution in [0.3, 0.4) is 0 Å². The molecule has 2 atom stereocenters. The highest BCUT2D eigenvalue weighted by Gasteiger charge is 2.15. The molecule has 0 aliphatic rings. The molecule has 0 aliphatic carbocycles. The Balaban J connectivity index is 2.92. The minimum absolute atomic E-state index is 0.123. The summed E-state index contributed by atoms with van der Waals surface area (Å²) in [6.07, 6.45) is 0. The van der Waals surface area contributed by atoms with Gasteiger partial charge in [-0.1, -0.05) is 13.0 Å². The summed E-state index contributed by atoms with van der Waals surface area (Å²) < 4.78 is 18.2. The van der Waals surface area contributed by atoms with Crippen molar-refractivity contribution in [1.82, 2.24) is 0 Å². The Kier molecular flexibility index (Phi) is 4.05. The molecule has 1 aromatic carbocycles. The number of nitrogens with two attached hydrogens (primary N) is 2. The standard InChI is InChI=1S/C11H17FN2O/c1-7(6-13)11(14)8-3-4-10(15-2)9(12)5-8/h3-5,7,11H,6,13-14H2,1-2H3. The Morgan fingerprint density at radius 3 is 2.60 bits per heavy atom. The predicted molar refractivity (Wildman–Crippen MR) is 58.1 cm³/mol. The minimum atomic E-state index is -0.394. The van der Waals surface area contributed by atoms with Gasteiger partial charge >= 0.3 is 0 Å². The van der Waals surface area contributed by atoms with Gasteiger partial charge in [-0.15, -0.1) is 0 Å². The molecule has 2 unspecified atom stereocenters. The highest BCUT2D eigenvalue weighted by atomic mass is 19.1. The van der Waals surface area contributed by atoms with Crippen LogP contribution in [0.4, 0.5) is 4.39 Å². The van der Waals surface area contributed by atoms with Crippen LogP contribution >= 0.6 is 0 Å². The van der Waals surface area contributed by atoms with Crippen molar-refractivity contribution in [2.75, 3.05) is 13.7 Å². The quantitative estimate of drug-likeness (QED) is 0.793. The van der Waals surface area contributed by atoms with Gasteiger partial charge in [0, 0.05) is 6.04 Å². The maximum absolute atomic E-state index is 13.4. The van der Waals surface area contributed by atoms with Crippen molar-refractivity contribution in [3.05, 3.63) is 29.6 Å². The minimum Gasteiger partial charge on any atom is -0.494 e. The van der Waals surface area contributed by atoms with E-state index in [0.717, 1.165) is 5.56 Å². The molecule has 1 rings (SSSR count). The topological polar surface area (TPSA) is 61.3 Å². The second-order valence-electron chi connectivity index (χ2n) is 3.63. The number of halogens is 1. The molecular formula is C11H17FN2O. The fourth-order valence-electron chi connectivity index (χ4n) is 1.37. The maximum Gasteiger partial charge on any atom is 0.165 e. The monoisotopic (exact) mass is 212 g/mol. The smallest absolute Gasteiger partial charge is 0.165 e. The van der Waals surface area contributed by atoms with E-state index in [0.29, 0.717) is 6.54 Å². The Bertz CT molecular complexity index is 330. The summed E-state index contributed by atoms with van der Waals surface area (Å²) in [6.45, 7) is 2.42. The van der Waals surface area contributed by atoms with E-state index in [9.17, 15) is 4.39 Å². The summed E-state index contributed by atoms with van der Waals surface area (Å²) in [7, 11) is 1.43. The van der Waals surface area contributed by atoms with E-state index >= 15 is 0 Å². The lowest BCUT2D eigenvalue weighted by molar-refractivity contribution is 0.385. The number of benzene rings is 1. The maximum atomic E-state index is 13.4. The van der Waals surface area contributed by atoms with Crippen LogP contribution in [0.25, 0.3) is 0 Å². The number of methoxy groups -OCH3 is 1. The zero-order valence-electron chi connectivity index (χ0n) is 9.03.